The fraction of sp³-hybridized carbons (Fsp3) is 0.433. The van der Waals surface area contributed by atoms with Crippen molar-refractivity contribution in [3.05, 3.63) is 82.1 Å². The zero-order valence-electron chi connectivity index (χ0n) is 22.6. The second-order valence-electron chi connectivity index (χ2n) is 10.6. The molecule has 1 aromatic heterocycles. The highest BCUT2D eigenvalue weighted by Gasteiger charge is 2.36. The van der Waals surface area contributed by atoms with Crippen LogP contribution in [-0.4, -0.2) is 57.6 Å². The van der Waals surface area contributed by atoms with Gasteiger partial charge < -0.3 is 14.5 Å². The number of rotatable bonds is 9. The molecule has 202 valence electrons. The predicted octanol–water partition coefficient (Wildman–Crippen LogP) is 5.34. The summed E-state index contributed by atoms with van der Waals surface area (Å²) in [7, 11) is 3.65. The number of likely N-dealkylation sites (tertiary alicyclic amines) is 1. The van der Waals surface area contributed by atoms with Gasteiger partial charge in [0.1, 0.15) is 17.5 Å². The first-order valence-electron chi connectivity index (χ1n) is 13.2. The first-order chi connectivity index (χ1) is 18.2. The molecule has 7 nitrogen and oxygen atoms in total. The van der Waals surface area contributed by atoms with Crippen LogP contribution in [0.15, 0.2) is 65.1 Å². The molecule has 2 amide bonds. The fourth-order valence-electron chi connectivity index (χ4n) is 4.99. The Morgan fingerprint density at radius 1 is 1.13 bits per heavy atom. The van der Waals surface area contributed by atoms with Gasteiger partial charge in [0, 0.05) is 57.0 Å². The normalized spacial score (nSPS) is 17.5. The number of hydrogen-bond donors (Lipinski definition) is 0. The molecule has 8 heteroatoms. The summed E-state index contributed by atoms with van der Waals surface area (Å²) in [6.45, 7) is 5.84. The molecule has 1 fully saturated rings. The Labute approximate surface area is 233 Å². The number of ether oxygens (including phenoxy) is 1. The molecule has 0 aliphatic carbocycles. The van der Waals surface area contributed by atoms with E-state index in [4.69, 9.17) is 4.74 Å². The van der Waals surface area contributed by atoms with Crippen molar-refractivity contribution in [2.24, 2.45) is 18.9 Å². The van der Waals surface area contributed by atoms with Crippen LogP contribution in [0.5, 0.6) is 5.75 Å². The van der Waals surface area contributed by atoms with Crippen molar-refractivity contribution in [2.75, 3.05) is 20.1 Å². The quantitative estimate of drug-likeness (QED) is 0.342. The lowest BCUT2D eigenvalue weighted by atomic mass is 9.90. The minimum atomic E-state index is -0.175. The van der Waals surface area contributed by atoms with Crippen molar-refractivity contribution < 1.29 is 14.3 Å². The topological polar surface area (TPSA) is 67.7 Å². The molecule has 4 rings (SSSR count). The lowest BCUT2D eigenvalue weighted by Gasteiger charge is -2.38. The second kappa shape index (κ2) is 12.6. The number of piperidine rings is 1. The third-order valence-electron chi connectivity index (χ3n) is 6.93. The van der Waals surface area contributed by atoms with Crippen molar-refractivity contribution in [2.45, 2.75) is 45.8 Å². The number of aryl methyl sites for hydroxylation is 1. The fourth-order valence-corrected chi connectivity index (χ4v) is 5.37. The van der Waals surface area contributed by atoms with E-state index in [0.717, 1.165) is 27.9 Å². The molecule has 0 N–H and O–H groups in total. The standard InChI is InChI=1S/C30H37BrN4O3/c1-21(2)15-25-18-27(34(4)32-25)30(37)35-14-13-28(38-26-12-8-11-24(31)17-26)23(20-35)16-29(36)33(3)19-22-9-6-5-7-10-22/h5-12,17-18,21,23,28H,13-16,19-20H2,1-4H3/t23-,28-/m0/s1. The first kappa shape index (κ1) is 27.9. The molecule has 0 saturated carbocycles. The summed E-state index contributed by atoms with van der Waals surface area (Å²) in [5, 5.41) is 4.56. The van der Waals surface area contributed by atoms with E-state index in [0.29, 0.717) is 44.1 Å². The maximum Gasteiger partial charge on any atom is 0.272 e. The lowest BCUT2D eigenvalue weighted by molar-refractivity contribution is -0.133. The van der Waals surface area contributed by atoms with Crippen LogP contribution in [0.3, 0.4) is 0 Å². The van der Waals surface area contributed by atoms with Crippen LogP contribution in [0.2, 0.25) is 0 Å². The van der Waals surface area contributed by atoms with Gasteiger partial charge >= 0.3 is 0 Å². The number of hydrogen-bond acceptors (Lipinski definition) is 4. The molecular formula is C30H37BrN4O3. The van der Waals surface area contributed by atoms with E-state index in [-0.39, 0.29) is 23.8 Å². The van der Waals surface area contributed by atoms with Gasteiger partial charge in [0.15, 0.2) is 0 Å². The van der Waals surface area contributed by atoms with E-state index in [2.05, 4.69) is 34.9 Å². The van der Waals surface area contributed by atoms with E-state index < -0.39 is 0 Å². The molecule has 2 atom stereocenters. The molecule has 0 bridgehead atoms. The molecule has 1 aliphatic rings. The summed E-state index contributed by atoms with van der Waals surface area (Å²) in [6, 6.07) is 19.6. The van der Waals surface area contributed by atoms with Gasteiger partial charge in [-0.3, -0.25) is 14.3 Å². The van der Waals surface area contributed by atoms with Crippen LogP contribution in [0, 0.1) is 11.8 Å². The third kappa shape index (κ3) is 7.25. The van der Waals surface area contributed by atoms with Gasteiger partial charge in [-0.25, -0.2) is 0 Å². The molecule has 0 unspecified atom stereocenters. The maximum absolute atomic E-state index is 13.6. The smallest absolute Gasteiger partial charge is 0.272 e. The summed E-state index contributed by atoms with van der Waals surface area (Å²) in [5.41, 5.74) is 2.59. The molecule has 0 radical (unpaired) electrons. The molecular weight excluding hydrogens is 544 g/mol. The van der Waals surface area contributed by atoms with Crippen LogP contribution in [0.4, 0.5) is 0 Å². The van der Waals surface area contributed by atoms with Crippen LogP contribution >= 0.6 is 15.9 Å². The first-order valence-corrected chi connectivity index (χ1v) is 14.0. The van der Waals surface area contributed by atoms with Gasteiger partial charge in [-0.1, -0.05) is 66.2 Å². The summed E-state index contributed by atoms with van der Waals surface area (Å²) in [5.74, 6) is 1.06. The van der Waals surface area contributed by atoms with E-state index in [1.807, 2.05) is 79.7 Å². The highest BCUT2D eigenvalue weighted by atomic mass is 79.9. The Morgan fingerprint density at radius 3 is 2.61 bits per heavy atom. The largest absolute Gasteiger partial charge is 0.490 e. The van der Waals surface area contributed by atoms with E-state index in [1.165, 1.54) is 0 Å². The maximum atomic E-state index is 13.6. The van der Waals surface area contributed by atoms with Crippen LogP contribution < -0.4 is 4.74 Å². The molecule has 38 heavy (non-hydrogen) atoms. The minimum Gasteiger partial charge on any atom is -0.490 e. The van der Waals surface area contributed by atoms with Crippen molar-refractivity contribution in [3.8, 4) is 5.75 Å². The number of nitrogens with zero attached hydrogens (tertiary/aromatic N) is 4. The summed E-state index contributed by atoms with van der Waals surface area (Å²) >= 11 is 3.51. The van der Waals surface area contributed by atoms with Gasteiger partial charge in [0.2, 0.25) is 5.91 Å². The van der Waals surface area contributed by atoms with Gasteiger partial charge in [-0.05, 0) is 42.2 Å². The Hall–Kier alpha value is -3.13. The van der Waals surface area contributed by atoms with Crippen LogP contribution in [0.1, 0.15) is 48.4 Å². The molecule has 1 aliphatic heterocycles. The molecule has 3 aromatic rings. The highest BCUT2D eigenvalue weighted by molar-refractivity contribution is 9.10. The average Bonchev–Trinajstić information content (AvgIpc) is 3.24. The van der Waals surface area contributed by atoms with Crippen molar-refractivity contribution in [1.29, 1.82) is 0 Å². The van der Waals surface area contributed by atoms with Crippen molar-refractivity contribution in [1.82, 2.24) is 19.6 Å². The minimum absolute atomic E-state index is 0.0377. The third-order valence-corrected chi connectivity index (χ3v) is 7.42. The SMILES string of the molecule is CC(C)Cc1cc(C(=O)N2CC[C@H](Oc3cccc(Br)c3)[C@@H](CC(=O)N(C)Cc3ccccc3)C2)n(C)n1. The van der Waals surface area contributed by atoms with Gasteiger partial charge in [0.25, 0.3) is 5.91 Å². The number of benzene rings is 2. The van der Waals surface area contributed by atoms with Gasteiger partial charge in [0.05, 0.1) is 5.69 Å². The zero-order chi connectivity index (χ0) is 27.2. The van der Waals surface area contributed by atoms with Crippen molar-refractivity contribution in [3.63, 3.8) is 0 Å². The van der Waals surface area contributed by atoms with Crippen LogP contribution in [-0.2, 0) is 24.8 Å². The lowest BCUT2D eigenvalue weighted by Crippen LogP contribution is -2.49. The van der Waals surface area contributed by atoms with E-state index in [9.17, 15) is 9.59 Å². The number of aromatic nitrogens is 2. The summed E-state index contributed by atoms with van der Waals surface area (Å²) in [4.78, 5) is 30.5. The molecule has 1 saturated heterocycles. The molecule has 2 heterocycles. The average molecular weight is 582 g/mol. The number of amides is 2. The number of halogens is 1. The van der Waals surface area contributed by atoms with Crippen LogP contribution in [0.25, 0.3) is 0 Å². The Bertz CT molecular complexity index is 1240. The number of carbonyl (C=O) groups excluding carboxylic acids is 2. The summed E-state index contributed by atoms with van der Waals surface area (Å²) < 4.78 is 9.01. The summed E-state index contributed by atoms with van der Waals surface area (Å²) in [6.07, 6.45) is 1.60. The number of carbonyl (C=O) groups is 2. The molecule has 0 spiro atoms. The van der Waals surface area contributed by atoms with Gasteiger partial charge in [-0.2, -0.15) is 5.10 Å². The Kier molecular flexibility index (Phi) is 9.26. The van der Waals surface area contributed by atoms with E-state index in [1.54, 1.807) is 9.58 Å². The monoisotopic (exact) mass is 580 g/mol. The predicted molar refractivity (Wildman–Crippen MR) is 152 cm³/mol. The zero-order valence-corrected chi connectivity index (χ0v) is 24.2. The van der Waals surface area contributed by atoms with Crippen molar-refractivity contribution >= 4 is 27.7 Å². The molecule has 2 aromatic carbocycles. The highest BCUT2D eigenvalue weighted by Crippen LogP contribution is 2.29. The van der Waals surface area contributed by atoms with Gasteiger partial charge in [-0.15, -0.1) is 0 Å². The Morgan fingerprint density at radius 2 is 1.89 bits per heavy atom. The van der Waals surface area contributed by atoms with E-state index >= 15 is 0 Å². The Balaban J connectivity index is 1.50. The second-order valence-corrected chi connectivity index (χ2v) is 11.5.